The van der Waals surface area contributed by atoms with Crippen molar-refractivity contribution < 1.29 is 4.74 Å². The van der Waals surface area contributed by atoms with Gasteiger partial charge < -0.3 is 10.5 Å². The fraction of sp³-hybridized carbons (Fsp3) is 0.0769. The number of thiocarbonyl (C=S) groups is 1. The lowest BCUT2D eigenvalue weighted by Crippen LogP contribution is -2.11. The number of ether oxygens (including phenoxy) is 1. The van der Waals surface area contributed by atoms with E-state index in [2.05, 4.69) is 4.98 Å². The summed E-state index contributed by atoms with van der Waals surface area (Å²) >= 11 is 10.8. The van der Waals surface area contributed by atoms with E-state index in [4.69, 9.17) is 34.3 Å². The van der Waals surface area contributed by atoms with E-state index in [1.165, 1.54) is 0 Å². The number of hydrogen-bond donors (Lipinski definition) is 1. The maximum absolute atomic E-state index is 6.03. The van der Waals surface area contributed by atoms with E-state index in [0.717, 1.165) is 5.56 Å². The molecule has 0 aliphatic heterocycles. The maximum Gasteiger partial charge on any atom is 0.138 e. The highest BCUT2D eigenvalue weighted by atomic mass is 35.5. The molecule has 0 fully saturated rings. The van der Waals surface area contributed by atoms with Crippen molar-refractivity contribution in [1.82, 2.24) is 4.98 Å². The number of rotatable bonds is 4. The molecule has 5 heteroatoms. The van der Waals surface area contributed by atoms with Gasteiger partial charge in [0.05, 0.1) is 11.9 Å². The highest BCUT2D eigenvalue weighted by molar-refractivity contribution is 7.80. The lowest BCUT2D eigenvalue weighted by Gasteiger charge is -2.07. The van der Waals surface area contributed by atoms with Crippen LogP contribution < -0.4 is 10.5 Å². The van der Waals surface area contributed by atoms with Crippen LogP contribution in [0.25, 0.3) is 0 Å². The molecule has 18 heavy (non-hydrogen) atoms. The third-order valence-electron chi connectivity index (χ3n) is 2.34. The van der Waals surface area contributed by atoms with Gasteiger partial charge in [0, 0.05) is 10.6 Å². The molecule has 0 aliphatic rings. The van der Waals surface area contributed by atoms with Gasteiger partial charge in [0.25, 0.3) is 0 Å². The van der Waals surface area contributed by atoms with Crippen molar-refractivity contribution in [3.8, 4) is 5.75 Å². The first-order valence-corrected chi connectivity index (χ1v) is 6.07. The molecule has 0 bridgehead atoms. The highest BCUT2D eigenvalue weighted by Gasteiger charge is 2.02. The molecule has 2 N–H and O–H groups in total. The SMILES string of the molecule is NC(=S)c1ccc(OCc2ccccc2Cl)cn1. The largest absolute Gasteiger partial charge is 0.487 e. The molecule has 1 aromatic carbocycles. The predicted octanol–water partition coefficient (Wildman–Crippen LogP) is 2.95. The minimum Gasteiger partial charge on any atom is -0.487 e. The minimum absolute atomic E-state index is 0.271. The maximum atomic E-state index is 6.03. The van der Waals surface area contributed by atoms with Gasteiger partial charge in [-0.2, -0.15) is 0 Å². The van der Waals surface area contributed by atoms with Crippen LogP contribution in [-0.2, 0) is 6.61 Å². The molecule has 0 atom stereocenters. The number of nitrogens with zero attached hydrogens (tertiary/aromatic N) is 1. The first-order chi connectivity index (χ1) is 8.66. The smallest absolute Gasteiger partial charge is 0.138 e. The molecule has 0 saturated heterocycles. The van der Waals surface area contributed by atoms with Gasteiger partial charge >= 0.3 is 0 Å². The van der Waals surface area contributed by atoms with E-state index in [1.807, 2.05) is 24.3 Å². The number of nitrogens with two attached hydrogens (primary N) is 1. The normalized spacial score (nSPS) is 10.1. The second kappa shape index (κ2) is 5.80. The van der Waals surface area contributed by atoms with Crippen molar-refractivity contribution in [1.29, 1.82) is 0 Å². The molecule has 0 aliphatic carbocycles. The summed E-state index contributed by atoms with van der Waals surface area (Å²) in [5, 5.41) is 0.685. The van der Waals surface area contributed by atoms with Crippen LogP contribution in [0.3, 0.4) is 0 Å². The monoisotopic (exact) mass is 278 g/mol. The van der Waals surface area contributed by atoms with Gasteiger partial charge in [0.15, 0.2) is 0 Å². The molecule has 0 amide bonds. The molecule has 1 heterocycles. The van der Waals surface area contributed by atoms with Gasteiger partial charge in [-0.05, 0) is 18.2 Å². The van der Waals surface area contributed by atoms with Crippen molar-refractivity contribution in [2.24, 2.45) is 5.73 Å². The number of halogens is 1. The number of benzene rings is 1. The summed E-state index contributed by atoms with van der Waals surface area (Å²) in [6.07, 6.45) is 1.59. The highest BCUT2D eigenvalue weighted by Crippen LogP contribution is 2.18. The lowest BCUT2D eigenvalue weighted by atomic mass is 10.2. The Hall–Kier alpha value is -1.65. The third-order valence-corrected chi connectivity index (χ3v) is 2.92. The van der Waals surface area contributed by atoms with Crippen molar-refractivity contribution in [3.05, 3.63) is 58.9 Å². The van der Waals surface area contributed by atoms with E-state index in [1.54, 1.807) is 18.3 Å². The van der Waals surface area contributed by atoms with Gasteiger partial charge in [-0.15, -0.1) is 0 Å². The van der Waals surface area contributed by atoms with E-state index >= 15 is 0 Å². The van der Waals surface area contributed by atoms with E-state index in [-0.39, 0.29) is 4.99 Å². The standard InChI is InChI=1S/C13H11ClN2OS/c14-11-4-2-1-3-9(11)8-17-10-5-6-12(13(15)18)16-7-10/h1-7H,8H2,(H2,15,18). The second-order valence-electron chi connectivity index (χ2n) is 3.62. The molecule has 0 saturated carbocycles. The quantitative estimate of drug-likeness (QED) is 0.874. The van der Waals surface area contributed by atoms with Crippen LogP contribution in [0.5, 0.6) is 5.75 Å². The van der Waals surface area contributed by atoms with Crippen LogP contribution in [0, 0.1) is 0 Å². The summed E-state index contributed by atoms with van der Waals surface area (Å²) in [5.41, 5.74) is 6.97. The van der Waals surface area contributed by atoms with Crippen molar-refractivity contribution in [3.63, 3.8) is 0 Å². The van der Waals surface area contributed by atoms with E-state index in [9.17, 15) is 0 Å². The zero-order valence-corrected chi connectivity index (χ0v) is 11.0. The van der Waals surface area contributed by atoms with Crippen LogP contribution >= 0.6 is 23.8 Å². The Morgan fingerprint density at radius 1 is 1.28 bits per heavy atom. The van der Waals surface area contributed by atoms with Crippen LogP contribution in [-0.4, -0.2) is 9.97 Å². The minimum atomic E-state index is 0.271. The van der Waals surface area contributed by atoms with Gasteiger partial charge in [0.1, 0.15) is 17.3 Å². The Morgan fingerprint density at radius 2 is 2.06 bits per heavy atom. The van der Waals surface area contributed by atoms with Crippen LogP contribution in [0.4, 0.5) is 0 Å². The zero-order chi connectivity index (χ0) is 13.0. The molecule has 0 unspecified atom stereocenters. The fourth-order valence-electron chi connectivity index (χ4n) is 1.39. The molecule has 0 radical (unpaired) electrons. The molecule has 3 nitrogen and oxygen atoms in total. The van der Waals surface area contributed by atoms with Crippen LogP contribution in [0.15, 0.2) is 42.6 Å². The Balaban J connectivity index is 2.02. The predicted molar refractivity (Wildman–Crippen MR) is 75.9 cm³/mol. The summed E-state index contributed by atoms with van der Waals surface area (Å²) in [5.74, 6) is 0.648. The number of hydrogen-bond acceptors (Lipinski definition) is 3. The summed E-state index contributed by atoms with van der Waals surface area (Å²) in [4.78, 5) is 4.36. The first kappa shape index (κ1) is 12.8. The average Bonchev–Trinajstić information content (AvgIpc) is 2.38. The van der Waals surface area contributed by atoms with Crippen molar-refractivity contribution >= 4 is 28.8 Å². The van der Waals surface area contributed by atoms with Gasteiger partial charge in [-0.1, -0.05) is 42.0 Å². The average molecular weight is 279 g/mol. The number of pyridine rings is 1. The van der Waals surface area contributed by atoms with Crippen LogP contribution in [0.1, 0.15) is 11.3 Å². The second-order valence-corrected chi connectivity index (χ2v) is 4.47. The van der Waals surface area contributed by atoms with Crippen molar-refractivity contribution in [2.45, 2.75) is 6.61 Å². The Labute approximate surface area is 116 Å². The van der Waals surface area contributed by atoms with E-state index in [0.29, 0.717) is 23.1 Å². The summed E-state index contributed by atoms with van der Waals surface area (Å²) in [6.45, 7) is 0.397. The first-order valence-electron chi connectivity index (χ1n) is 5.29. The summed E-state index contributed by atoms with van der Waals surface area (Å²) < 4.78 is 5.58. The summed E-state index contributed by atoms with van der Waals surface area (Å²) in [6, 6.07) is 11.0. The third kappa shape index (κ3) is 3.18. The molecular weight excluding hydrogens is 268 g/mol. The van der Waals surface area contributed by atoms with Gasteiger partial charge in [0.2, 0.25) is 0 Å². The molecule has 92 valence electrons. The van der Waals surface area contributed by atoms with Gasteiger partial charge in [-0.25, -0.2) is 4.98 Å². The Bertz CT molecular complexity index is 557. The number of aromatic nitrogens is 1. The fourth-order valence-corrected chi connectivity index (χ4v) is 1.70. The zero-order valence-electron chi connectivity index (χ0n) is 9.47. The Morgan fingerprint density at radius 3 is 2.67 bits per heavy atom. The molecule has 0 spiro atoms. The summed E-state index contributed by atoms with van der Waals surface area (Å²) in [7, 11) is 0. The molecule has 2 aromatic rings. The van der Waals surface area contributed by atoms with Gasteiger partial charge in [-0.3, -0.25) is 0 Å². The van der Waals surface area contributed by atoms with Crippen LogP contribution in [0.2, 0.25) is 5.02 Å². The lowest BCUT2D eigenvalue weighted by molar-refractivity contribution is 0.305. The Kier molecular flexibility index (Phi) is 4.12. The molecular formula is C13H11ClN2OS. The van der Waals surface area contributed by atoms with E-state index < -0.39 is 0 Å². The van der Waals surface area contributed by atoms with Crippen molar-refractivity contribution in [2.75, 3.05) is 0 Å². The molecule has 2 rings (SSSR count). The topological polar surface area (TPSA) is 48.1 Å². The molecule has 1 aromatic heterocycles.